The van der Waals surface area contributed by atoms with Crippen molar-refractivity contribution in [2.75, 3.05) is 5.32 Å². The van der Waals surface area contributed by atoms with Crippen LogP contribution in [0, 0.1) is 0 Å². The van der Waals surface area contributed by atoms with Crippen molar-refractivity contribution in [2.24, 2.45) is 0 Å². The molecule has 0 aromatic heterocycles. The Bertz CT molecular complexity index is 1100. The van der Waals surface area contributed by atoms with E-state index in [1.807, 2.05) is 60.7 Å². The van der Waals surface area contributed by atoms with Crippen LogP contribution < -0.4 is 16.0 Å². The quantitative estimate of drug-likeness (QED) is 0.154. The van der Waals surface area contributed by atoms with E-state index in [0.29, 0.717) is 11.3 Å². The Morgan fingerprint density at radius 3 is 1.74 bits per heavy atom. The zero-order valence-corrected chi connectivity index (χ0v) is 21.2. The molecular formula is C25H22Cl3N3O2S. The summed E-state index contributed by atoms with van der Waals surface area (Å²) in [5.41, 5.74) is 2.79. The van der Waals surface area contributed by atoms with E-state index in [9.17, 15) is 9.59 Å². The molecule has 0 aliphatic carbocycles. The highest BCUT2D eigenvalue weighted by Crippen LogP contribution is 2.31. The maximum atomic E-state index is 13.4. The second-order valence-corrected chi connectivity index (χ2v) is 10.2. The van der Waals surface area contributed by atoms with Crippen molar-refractivity contribution in [2.45, 2.75) is 22.8 Å². The molecular weight excluding hydrogens is 513 g/mol. The van der Waals surface area contributed by atoms with Gasteiger partial charge in [-0.2, -0.15) is 0 Å². The highest BCUT2D eigenvalue weighted by atomic mass is 35.6. The van der Waals surface area contributed by atoms with Crippen LogP contribution in [0.4, 0.5) is 5.69 Å². The van der Waals surface area contributed by atoms with Crippen molar-refractivity contribution >= 4 is 69.5 Å². The van der Waals surface area contributed by atoms with Gasteiger partial charge in [0.15, 0.2) is 10.9 Å². The second kappa shape index (κ2) is 11.7. The summed E-state index contributed by atoms with van der Waals surface area (Å²) in [7, 11) is 0. The highest BCUT2D eigenvalue weighted by Gasteiger charge is 2.36. The van der Waals surface area contributed by atoms with Crippen molar-refractivity contribution in [3.63, 3.8) is 0 Å². The third-order valence-electron chi connectivity index (χ3n) is 4.97. The summed E-state index contributed by atoms with van der Waals surface area (Å²) in [6, 6.07) is 25.4. The number of anilines is 1. The van der Waals surface area contributed by atoms with Gasteiger partial charge in [0.2, 0.25) is 9.70 Å². The maximum absolute atomic E-state index is 13.4. The largest absolute Gasteiger partial charge is 0.339 e. The number of nitrogens with one attached hydrogen (secondary N) is 3. The summed E-state index contributed by atoms with van der Waals surface area (Å²) in [5, 5.41) is 8.72. The molecule has 176 valence electrons. The molecule has 0 heterocycles. The van der Waals surface area contributed by atoms with Crippen LogP contribution in [0.2, 0.25) is 0 Å². The molecule has 34 heavy (non-hydrogen) atoms. The van der Waals surface area contributed by atoms with Gasteiger partial charge < -0.3 is 16.0 Å². The number of benzene rings is 3. The zero-order chi connectivity index (χ0) is 24.7. The number of amides is 1. The smallest absolute Gasteiger partial charge is 0.233 e. The first-order valence-electron chi connectivity index (χ1n) is 10.3. The van der Waals surface area contributed by atoms with Gasteiger partial charge in [-0.1, -0.05) is 95.5 Å². The average molecular weight is 535 g/mol. The Morgan fingerprint density at radius 1 is 0.794 bits per heavy atom. The van der Waals surface area contributed by atoms with Crippen molar-refractivity contribution in [3.05, 3.63) is 102 Å². The van der Waals surface area contributed by atoms with Crippen molar-refractivity contribution in [1.29, 1.82) is 0 Å². The number of ketones is 1. The van der Waals surface area contributed by atoms with Crippen molar-refractivity contribution in [3.8, 4) is 0 Å². The van der Waals surface area contributed by atoms with Crippen LogP contribution in [0.5, 0.6) is 0 Å². The fourth-order valence-corrected chi connectivity index (χ4v) is 3.86. The van der Waals surface area contributed by atoms with E-state index in [1.165, 1.54) is 6.92 Å². The van der Waals surface area contributed by atoms with Crippen LogP contribution in [0.25, 0.3) is 0 Å². The third kappa shape index (κ3) is 7.18. The van der Waals surface area contributed by atoms with Crippen LogP contribution >= 0.6 is 47.0 Å². The van der Waals surface area contributed by atoms with Gasteiger partial charge in [0, 0.05) is 11.3 Å². The topological polar surface area (TPSA) is 70.2 Å². The van der Waals surface area contributed by atoms with Crippen LogP contribution in [0.1, 0.15) is 34.3 Å². The number of alkyl halides is 3. The third-order valence-corrected chi connectivity index (χ3v) is 5.84. The Kier molecular flexibility index (Phi) is 8.91. The lowest BCUT2D eigenvalue weighted by atomic mass is 9.90. The first-order chi connectivity index (χ1) is 16.1. The first-order valence-corrected chi connectivity index (χ1v) is 11.8. The lowest BCUT2D eigenvalue weighted by Gasteiger charge is -2.29. The predicted octanol–water partition coefficient (Wildman–Crippen LogP) is 5.82. The number of hydrogen-bond donors (Lipinski definition) is 3. The number of halogens is 3. The molecule has 3 N–H and O–H groups in total. The highest BCUT2D eigenvalue weighted by molar-refractivity contribution is 7.80. The Morgan fingerprint density at radius 2 is 1.29 bits per heavy atom. The fourth-order valence-electron chi connectivity index (χ4n) is 3.30. The van der Waals surface area contributed by atoms with Gasteiger partial charge in [0.05, 0.1) is 5.92 Å². The van der Waals surface area contributed by atoms with E-state index in [0.717, 1.165) is 11.1 Å². The van der Waals surface area contributed by atoms with Gasteiger partial charge in [-0.15, -0.1) is 0 Å². The molecule has 3 aromatic carbocycles. The number of thiocarbonyl (C=S) groups is 1. The Hall–Kier alpha value is -2.64. The molecule has 0 aliphatic heterocycles. The summed E-state index contributed by atoms with van der Waals surface area (Å²) in [4.78, 5) is 24.9. The van der Waals surface area contributed by atoms with E-state index in [1.54, 1.807) is 24.3 Å². The summed E-state index contributed by atoms with van der Waals surface area (Å²) in [5.74, 6) is -1.04. The second-order valence-electron chi connectivity index (χ2n) is 7.47. The van der Waals surface area contributed by atoms with E-state index < -0.39 is 15.9 Å². The molecule has 0 saturated heterocycles. The standard InChI is InChI=1S/C25H22Cl3N3O2S/c1-16(32)17-12-14-20(15-13-17)29-24(34)31-23(25(26,27)28)30-22(33)21(18-8-4-2-5-9-18)19-10-6-3-7-11-19/h2-15,21,23H,1H3,(H,30,33)(H2,29,31,34). The fraction of sp³-hybridized carbons (Fsp3) is 0.160. The SMILES string of the molecule is CC(=O)c1ccc(NC(=S)NC(NC(=O)C(c2ccccc2)c2ccccc2)C(Cl)(Cl)Cl)cc1. The lowest BCUT2D eigenvalue weighted by molar-refractivity contribution is -0.122. The molecule has 0 spiro atoms. The molecule has 0 saturated carbocycles. The molecule has 1 amide bonds. The minimum Gasteiger partial charge on any atom is -0.339 e. The molecule has 5 nitrogen and oxygen atoms in total. The lowest BCUT2D eigenvalue weighted by Crippen LogP contribution is -2.57. The first kappa shape index (κ1) is 26.0. The number of carbonyl (C=O) groups is 2. The minimum absolute atomic E-state index is 0.0439. The molecule has 3 rings (SSSR count). The zero-order valence-electron chi connectivity index (χ0n) is 18.1. The average Bonchev–Trinajstić information content (AvgIpc) is 2.80. The van der Waals surface area contributed by atoms with Crippen LogP contribution in [0.15, 0.2) is 84.9 Å². The molecule has 3 aromatic rings. The maximum Gasteiger partial charge on any atom is 0.233 e. The van der Waals surface area contributed by atoms with E-state index in [2.05, 4.69) is 16.0 Å². The molecule has 0 aliphatic rings. The van der Waals surface area contributed by atoms with Crippen LogP contribution in [-0.4, -0.2) is 26.8 Å². The summed E-state index contributed by atoms with van der Waals surface area (Å²) < 4.78 is -1.90. The van der Waals surface area contributed by atoms with Gasteiger partial charge in [-0.3, -0.25) is 9.59 Å². The molecule has 0 bridgehead atoms. The van der Waals surface area contributed by atoms with Gasteiger partial charge in [-0.25, -0.2) is 0 Å². The summed E-state index contributed by atoms with van der Waals surface area (Å²) >= 11 is 23.9. The van der Waals surface area contributed by atoms with Gasteiger partial charge in [0.25, 0.3) is 0 Å². The van der Waals surface area contributed by atoms with Crippen molar-refractivity contribution in [1.82, 2.24) is 10.6 Å². The monoisotopic (exact) mass is 533 g/mol. The predicted molar refractivity (Wildman–Crippen MR) is 143 cm³/mol. The number of hydrogen-bond acceptors (Lipinski definition) is 3. The van der Waals surface area contributed by atoms with Crippen LogP contribution in [-0.2, 0) is 4.79 Å². The number of carbonyl (C=O) groups excluding carboxylic acids is 2. The van der Waals surface area contributed by atoms with E-state index in [4.69, 9.17) is 47.0 Å². The molecule has 0 fully saturated rings. The van der Waals surface area contributed by atoms with Gasteiger partial charge >= 0.3 is 0 Å². The Balaban J connectivity index is 1.77. The normalized spacial score (nSPS) is 12.0. The Labute approximate surface area is 218 Å². The van der Waals surface area contributed by atoms with Gasteiger partial charge in [0.1, 0.15) is 6.17 Å². The molecule has 1 atom stereocenters. The van der Waals surface area contributed by atoms with Gasteiger partial charge in [-0.05, 0) is 54.5 Å². The summed E-state index contributed by atoms with van der Waals surface area (Å²) in [6.07, 6.45) is -1.13. The number of rotatable bonds is 7. The number of Topliss-reactive ketones (excluding diaryl/α,β-unsaturated/α-hetero) is 1. The van der Waals surface area contributed by atoms with Crippen LogP contribution in [0.3, 0.4) is 0 Å². The minimum atomic E-state index is -1.90. The molecule has 9 heteroatoms. The van der Waals surface area contributed by atoms with E-state index in [-0.39, 0.29) is 16.8 Å². The van der Waals surface area contributed by atoms with Crippen molar-refractivity contribution < 1.29 is 9.59 Å². The molecule has 0 radical (unpaired) electrons. The summed E-state index contributed by atoms with van der Waals surface area (Å²) in [6.45, 7) is 1.49. The van der Waals surface area contributed by atoms with E-state index >= 15 is 0 Å². The molecule has 1 unspecified atom stereocenters.